The van der Waals surface area contributed by atoms with Gasteiger partial charge < -0.3 is 20.1 Å². The van der Waals surface area contributed by atoms with Crippen LogP contribution in [0.25, 0.3) is 22.3 Å². The zero-order valence-corrected chi connectivity index (χ0v) is 19.4. The zero-order valence-electron chi connectivity index (χ0n) is 18.5. The van der Waals surface area contributed by atoms with Gasteiger partial charge in [0.2, 0.25) is 0 Å². The molecule has 0 saturated carbocycles. The highest BCUT2D eigenvalue weighted by molar-refractivity contribution is 7.15. The second-order valence-electron chi connectivity index (χ2n) is 7.49. The number of aliphatic hydroxyl groups is 3. The zero-order chi connectivity index (χ0) is 25.1. The summed E-state index contributed by atoms with van der Waals surface area (Å²) < 4.78 is 7.03. The van der Waals surface area contributed by atoms with E-state index in [1.807, 2.05) is 5.38 Å². The summed E-state index contributed by atoms with van der Waals surface area (Å²) in [6, 6.07) is 7.45. The fraction of sp³-hybridized carbons (Fsp3) is 0.167. The van der Waals surface area contributed by atoms with Crippen LogP contribution >= 0.6 is 11.3 Å². The van der Waals surface area contributed by atoms with E-state index in [0.29, 0.717) is 33.0 Å². The molecule has 180 valence electrons. The SMILES string of the molecule is COc1cc(C(=O)/C=C/c2c(-c3ccc(CO)c([N+](=O)[O-])c3)nc3sccn23)cc(CO)c1CO. The molecule has 0 amide bonds. The Morgan fingerprint density at radius 3 is 2.60 bits per heavy atom. The van der Waals surface area contributed by atoms with E-state index >= 15 is 0 Å². The summed E-state index contributed by atoms with van der Waals surface area (Å²) in [6.45, 7) is -1.19. The minimum Gasteiger partial charge on any atom is -0.496 e. The number of nitro groups is 1. The van der Waals surface area contributed by atoms with Crippen LogP contribution in [-0.2, 0) is 19.8 Å². The summed E-state index contributed by atoms with van der Waals surface area (Å²) in [5.74, 6) is -0.0856. The van der Waals surface area contributed by atoms with Crippen LogP contribution in [0.15, 0.2) is 48.0 Å². The van der Waals surface area contributed by atoms with E-state index in [4.69, 9.17) is 4.74 Å². The highest BCUT2D eigenvalue weighted by Crippen LogP contribution is 2.32. The number of ketones is 1. The van der Waals surface area contributed by atoms with E-state index in [9.17, 15) is 30.2 Å². The number of methoxy groups -OCH3 is 1. The molecule has 2 aromatic carbocycles. The molecule has 0 saturated heterocycles. The molecular weight excluding hydrogens is 474 g/mol. The second kappa shape index (κ2) is 10.2. The summed E-state index contributed by atoms with van der Waals surface area (Å²) in [6.07, 6.45) is 4.69. The molecule has 0 aliphatic carbocycles. The Bertz CT molecular complexity index is 1430. The summed E-state index contributed by atoms with van der Waals surface area (Å²) in [5.41, 5.74) is 2.46. The third-order valence-corrected chi connectivity index (χ3v) is 6.31. The number of fused-ring (bicyclic) bond motifs is 1. The normalized spacial score (nSPS) is 11.4. The van der Waals surface area contributed by atoms with Crippen LogP contribution in [-0.4, -0.2) is 42.5 Å². The number of hydrogen-bond acceptors (Lipinski definition) is 9. The molecule has 0 bridgehead atoms. The van der Waals surface area contributed by atoms with Crippen LogP contribution < -0.4 is 4.74 Å². The number of benzene rings is 2. The maximum absolute atomic E-state index is 13.0. The Morgan fingerprint density at radius 1 is 1.17 bits per heavy atom. The molecule has 4 aromatic rings. The average molecular weight is 496 g/mol. The number of nitro benzene ring substituents is 1. The van der Waals surface area contributed by atoms with Gasteiger partial charge in [-0.1, -0.05) is 6.07 Å². The monoisotopic (exact) mass is 495 g/mol. The maximum Gasteiger partial charge on any atom is 0.275 e. The quantitative estimate of drug-likeness (QED) is 0.139. The van der Waals surface area contributed by atoms with Crippen molar-refractivity contribution in [3.63, 3.8) is 0 Å². The van der Waals surface area contributed by atoms with Gasteiger partial charge in [-0.15, -0.1) is 11.3 Å². The van der Waals surface area contributed by atoms with Crippen molar-refractivity contribution >= 4 is 33.8 Å². The fourth-order valence-corrected chi connectivity index (χ4v) is 4.51. The van der Waals surface area contributed by atoms with E-state index in [0.717, 1.165) is 0 Å². The first-order valence-electron chi connectivity index (χ1n) is 10.4. The number of rotatable bonds is 9. The number of ether oxygens (including phenoxy) is 1. The van der Waals surface area contributed by atoms with Crippen molar-refractivity contribution in [2.45, 2.75) is 19.8 Å². The van der Waals surface area contributed by atoms with Crippen molar-refractivity contribution < 1.29 is 29.8 Å². The lowest BCUT2D eigenvalue weighted by atomic mass is 10.0. The van der Waals surface area contributed by atoms with E-state index in [1.165, 1.54) is 48.8 Å². The smallest absolute Gasteiger partial charge is 0.275 e. The van der Waals surface area contributed by atoms with Crippen LogP contribution in [0.3, 0.4) is 0 Å². The van der Waals surface area contributed by atoms with E-state index in [2.05, 4.69) is 4.98 Å². The Balaban J connectivity index is 1.77. The molecule has 0 aliphatic rings. The molecule has 0 unspecified atom stereocenters. The van der Waals surface area contributed by atoms with Gasteiger partial charge in [0.25, 0.3) is 5.69 Å². The number of allylic oxidation sites excluding steroid dienone is 1. The Hall–Kier alpha value is -3.90. The van der Waals surface area contributed by atoms with Crippen molar-refractivity contribution in [1.29, 1.82) is 0 Å². The number of hydrogen-bond donors (Lipinski definition) is 3. The summed E-state index contributed by atoms with van der Waals surface area (Å²) in [4.78, 5) is 29.1. The minimum atomic E-state index is -0.561. The highest BCUT2D eigenvalue weighted by atomic mass is 32.1. The lowest BCUT2D eigenvalue weighted by Crippen LogP contribution is -2.04. The van der Waals surface area contributed by atoms with Gasteiger partial charge in [-0.2, -0.15) is 0 Å². The molecule has 2 heterocycles. The third kappa shape index (κ3) is 4.57. The lowest BCUT2D eigenvalue weighted by molar-refractivity contribution is -0.385. The Kier molecular flexibility index (Phi) is 7.03. The first-order chi connectivity index (χ1) is 16.9. The van der Waals surface area contributed by atoms with Gasteiger partial charge in [0.05, 0.1) is 48.8 Å². The Morgan fingerprint density at radius 2 is 1.94 bits per heavy atom. The summed E-state index contributed by atoms with van der Waals surface area (Å²) in [5, 5.41) is 41.9. The maximum atomic E-state index is 13.0. The molecule has 0 radical (unpaired) electrons. The lowest BCUT2D eigenvalue weighted by Gasteiger charge is -2.12. The molecule has 35 heavy (non-hydrogen) atoms. The number of imidazole rings is 1. The largest absolute Gasteiger partial charge is 0.496 e. The van der Waals surface area contributed by atoms with Crippen molar-refractivity contribution in [3.05, 3.63) is 86.0 Å². The molecule has 4 rings (SSSR count). The van der Waals surface area contributed by atoms with Crippen LogP contribution in [0.2, 0.25) is 0 Å². The van der Waals surface area contributed by atoms with E-state index in [1.54, 1.807) is 22.7 Å². The number of aliphatic hydroxyl groups excluding tert-OH is 3. The van der Waals surface area contributed by atoms with E-state index < -0.39 is 11.5 Å². The molecule has 0 spiro atoms. The van der Waals surface area contributed by atoms with E-state index in [-0.39, 0.29) is 41.6 Å². The van der Waals surface area contributed by atoms with Gasteiger partial charge in [-0.05, 0) is 35.9 Å². The number of aromatic nitrogens is 2. The molecule has 0 fully saturated rings. The van der Waals surface area contributed by atoms with Crippen molar-refractivity contribution in [2.24, 2.45) is 0 Å². The van der Waals surface area contributed by atoms with Gasteiger partial charge in [-0.3, -0.25) is 19.3 Å². The van der Waals surface area contributed by atoms with Crippen molar-refractivity contribution in [3.8, 4) is 17.0 Å². The van der Waals surface area contributed by atoms with Crippen LogP contribution in [0.4, 0.5) is 5.69 Å². The van der Waals surface area contributed by atoms with Crippen LogP contribution in [0, 0.1) is 10.1 Å². The number of nitrogens with zero attached hydrogens (tertiary/aromatic N) is 3. The second-order valence-corrected chi connectivity index (χ2v) is 8.36. The molecule has 2 aromatic heterocycles. The van der Waals surface area contributed by atoms with Gasteiger partial charge in [0.15, 0.2) is 10.7 Å². The first kappa shape index (κ1) is 24.2. The standard InChI is InChI=1S/C24H21N3O7S/c1-34-22-10-16(8-17(12-29)18(22)13-30)21(31)5-4-19-23(25-24-26(19)6-7-35-24)14-2-3-15(11-28)20(9-14)27(32)33/h2-10,28-30H,11-13H2,1H3/b5-4+. The van der Waals surface area contributed by atoms with Gasteiger partial charge in [-0.25, -0.2) is 4.98 Å². The van der Waals surface area contributed by atoms with Gasteiger partial charge in [0, 0.05) is 34.3 Å². The predicted molar refractivity (Wildman–Crippen MR) is 129 cm³/mol. The summed E-state index contributed by atoms with van der Waals surface area (Å²) in [7, 11) is 1.41. The molecule has 0 atom stereocenters. The molecule has 0 aliphatic heterocycles. The van der Waals surface area contributed by atoms with Gasteiger partial charge in [0.1, 0.15) is 5.75 Å². The fourth-order valence-electron chi connectivity index (χ4n) is 3.79. The summed E-state index contributed by atoms with van der Waals surface area (Å²) >= 11 is 1.37. The molecular formula is C24H21N3O7S. The highest BCUT2D eigenvalue weighted by Gasteiger charge is 2.20. The van der Waals surface area contributed by atoms with Crippen LogP contribution in [0.5, 0.6) is 5.75 Å². The number of thiazole rings is 1. The predicted octanol–water partition coefficient (Wildman–Crippen LogP) is 3.35. The molecule has 11 heteroatoms. The average Bonchev–Trinajstić information content (AvgIpc) is 3.47. The molecule has 3 N–H and O–H groups in total. The number of carbonyl (C=O) groups excluding carboxylic acids is 1. The van der Waals surface area contributed by atoms with Crippen molar-refractivity contribution in [2.75, 3.05) is 7.11 Å². The van der Waals surface area contributed by atoms with Gasteiger partial charge >= 0.3 is 0 Å². The third-order valence-electron chi connectivity index (χ3n) is 5.55. The number of carbonyl (C=O) groups is 1. The van der Waals surface area contributed by atoms with Crippen LogP contribution in [0.1, 0.15) is 32.7 Å². The molecule has 10 nitrogen and oxygen atoms in total. The topological polar surface area (TPSA) is 147 Å². The minimum absolute atomic E-state index is 0.187. The Labute approximate surface area is 203 Å². The van der Waals surface area contributed by atoms with Crippen molar-refractivity contribution in [1.82, 2.24) is 9.38 Å². The first-order valence-corrected chi connectivity index (χ1v) is 11.3.